The predicted molar refractivity (Wildman–Crippen MR) is 76.9 cm³/mol. The van der Waals surface area contributed by atoms with Crippen LogP contribution in [0, 0.1) is 17.0 Å². The molecule has 0 aliphatic carbocycles. The molecule has 0 aliphatic heterocycles. The van der Waals surface area contributed by atoms with Gasteiger partial charge in [0, 0.05) is 6.54 Å². The number of ether oxygens (including phenoxy) is 2. The molecule has 0 atom stereocenters. The molecule has 0 amide bonds. The van der Waals surface area contributed by atoms with E-state index in [9.17, 15) is 14.9 Å². The number of aryl methyl sites for hydroxylation is 1. The minimum atomic E-state index is -0.649. The Balaban J connectivity index is 3.59. The van der Waals surface area contributed by atoms with Crippen molar-refractivity contribution in [1.29, 1.82) is 0 Å². The Bertz CT molecular complexity index is 545. The lowest BCUT2D eigenvalue weighted by Crippen LogP contribution is -2.16. The molecule has 0 bridgehead atoms. The molecule has 21 heavy (non-hydrogen) atoms. The van der Waals surface area contributed by atoms with Gasteiger partial charge in [-0.3, -0.25) is 10.1 Å². The van der Waals surface area contributed by atoms with Crippen LogP contribution in [0.25, 0.3) is 0 Å². The molecule has 8 nitrogen and oxygen atoms in total. The molecule has 1 aromatic rings. The first-order chi connectivity index (χ1) is 9.97. The number of nitro groups is 1. The lowest BCUT2D eigenvalue weighted by atomic mass is 10.1. The highest BCUT2D eigenvalue weighted by atomic mass is 16.6. The lowest BCUT2D eigenvalue weighted by Gasteiger charge is -2.14. The van der Waals surface area contributed by atoms with Gasteiger partial charge in [-0.1, -0.05) is 0 Å². The maximum atomic E-state index is 12.0. The summed E-state index contributed by atoms with van der Waals surface area (Å²) in [6.07, 6.45) is 0. The second kappa shape index (κ2) is 7.41. The molecule has 0 spiro atoms. The molecular weight excluding hydrogens is 278 g/mol. The minimum Gasteiger partial charge on any atom is -0.473 e. The highest BCUT2D eigenvalue weighted by Crippen LogP contribution is 2.38. The highest BCUT2D eigenvalue weighted by Gasteiger charge is 2.31. The summed E-state index contributed by atoms with van der Waals surface area (Å²) in [5, 5.41) is 14.2. The van der Waals surface area contributed by atoms with E-state index in [2.05, 4.69) is 10.3 Å². The van der Waals surface area contributed by atoms with Gasteiger partial charge in [0.1, 0.15) is 11.3 Å². The molecule has 1 aromatic heterocycles. The summed E-state index contributed by atoms with van der Waals surface area (Å²) in [4.78, 5) is 26.8. The van der Waals surface area contributed by atoms with Gasteiger partial charge in [-0.25, -0.2) is 9.78 Å². The summed E-state index contributed by atoms with van der Waals surface area (Å²) in [5.41, 5.74) is 0.108. The zero-order valence-electron chi connectivity index (χ0n) is 12.6. The summed E-state index contributed by atoms with van der Waals surface area (Å²) >= 11 is 0. The van der Waals surface area contributed by atoms with E-state index < -0.39 is 10.9 Å². The topological polar surface area (TPSA) is 104 Å². The first-order valence-electron chi connectivity index (χ1n) is 6.70. The Hall–Kier alpha value is -2.38. The maximum absolute atomic E-state index is 12.0. The summed E-state index contributed by atoms with van der Waals surface area (Å²) in [6, 6.07) is 0. The Morgan fingerprint density at radius 2 is 2.00 bits per heavy atom. The third kappa shape index (κ3) is 3.59. The van der Waals surface area contributed by atoms with E-state index in [1.165, 1.54) is 0 Å². The Morgan fingerprint density at radius 1 is 1.33 bits per heavy atom. The van der Waals surface area contributed by atoms with E-state index in [4.69, 9.17) is 9.47 Å². The molecular formula is C13H19N3O5. The van der Waals surface area contributed by atoms with Crippen LogP contribution in [0.4, 0.5) is 11.4 Å². The maximum Gasteiger partial charge on any atom is 0.354 e. The van der Waals surface area contributed by atoms with Crippen LogP contribution < -0.4 is 10.1 Å². The number of rotatable bonds is 7. The van der Waals surface area contributed by atoms with Crippen molar-refractivity contribution in [3.05, 3.63) is 21.4 Å². The lowest BCUT2D eigenvalue weighted by molar-refractivity contribution is -0.385. The van der Waals surface area contributed by atoms with E-state index in [-0.39, 0.29) is 36.0 Å². The standard InChI is InChI=1S/C13H19N3O5/c1-5-14-10-9(13(17)21-7-3)8(4)15-12(20-6-2)11(10)16(18)19/h5-7H2,1-4H3,(H,14,15). The van der Waals surface area contributed by atoms with E-state index >= 15 is 0 Å². The van der Waals surface area contributed by atoms with Gasteiger partial charge >= 0.3 is 11.7 Å². The summed E-state index contributed by atoms with van der Waals surface area (Å²) < 4.78 is 10.2. The molecule has 0 aromatic carbocycles. The van der Waals surface area contributed by atoms with Crippen LogP contribution in [-0.2, 0) is 4.74 Å². The van der Waals surface area contributed by atoms with E-state index in [1.54, 1.807) is 27.7 Å². The van der Waals surface area contributed by atoms with E-state index in [1.807, 2.05) is 0 Å². The number of hydrogen-bond acceptors (Lipinski definition) is 7. The average molecular weight is 297 g/mol. The Morgan fingerprint density at radius 3 is 2.48 bits per heavy atom. The van der Waals surface area contributed by atoms with E-state index in [0.717, 1.165) is 0 Å². The van der Waals surface area contributed by atoms with Crippen LogP contribution in [0.15, 0.2) is 0 Å². The van der Waals surface area contributed by atoms with Gasteiger partial charge in [-0.15, -0.1) is 0 Å². The monoisotopic (exact) mass is 297 g/mol. The number of aromatic nitrogens is 1. The van der Waals surface area contributed by atoms with Crippen molar-refractivity contribution in [1.82, 2.24) is 4.98 Å². The number of carbonyl (C=O) groups is 1. The van der Waals surface area contributed by atoms with Gasteiger partial charge in [0.15, 0.2) is 0 Å². The minimum absolute atomic E-state index is 0.0638. The SMILES string of the molecule is CCNc1c(C(=O)OCC)c(C)nc(OCC)c1[N+](=O)[O-]. The molecule has 0 aliphatic rings. The first kappa shape index (κ1) is 16.7. The van der Waals surface area contributed by atoms with Crippen LogP contribution >= 0.6 is 0 Å². The van der Waals surface area contributed by atoms with Gasteiger partial charge in [0.05, 0.1) is 23.8 Å². The molecule has 0 unspecified atom stereocenters. The molecule has 8 heteroatoms. The Labute approximate surface area is 122 Å². The molecule has 1 heterocycles. The average Bonchev–Trinajstić information content (AvgIpc) is 2.38. The summed E-state index contributed by atoms with van der Waals surface area (Å²) in [5.74, 6) is -0.756. The fraction of sp³-hybridized carbons (Fsp3) is 0.538. The number of pyridine rings is 1. The first-order valence-corrected chi connectivity index (χ1v) is 6.70. The van der Waals surface area contributed by atoms with Crippen LogP contribution in [0.2, 0.25) is 0 Å². The second-order valence-electron chi connectivity index (χ2n) is 4.04. The molecule has 1 rings (SSSR count). The van der Waals surface area contributed by atoms with Crippen LogP contribution in [0.1, 0.15) is 36.8 Å². The van der Waals surface area contributed by atoms with Crippen LogP contribution in [0.3, 0.4) is 0 Å². The van der Waals surface area contributed by atoms with Crippen molar-refractivity contribution in [2.45, 2.75) is 27.7 Å². The third-order valence-electron chi connectivity index (χ3n) is 2.62. The fourth-order valence-corrected chi connectivity index (χ4v) is 1.88. The molecule has 1 N–H and O–H groups in total. The number of esters is 1. The third-order valence-corrected chi connectivity index (χ3v) is 2.62. The molecule has 116 valence electrons. The molecule has 0 saturated carbocycles. The molecule has 0 fully saturated rings. The fourth-order valence-electron chi connectivity index (χ4n) is 1.88. The van der Waals surface area contributed by atoms with Gasteiger partial charge < -0.3 is 14.8 Å². The normalized spacial score (nSPS) is 10.1. The van der Waals surface area contributed by atoms with Gasteiger partial charge in [-0.2, -0.15) is 0 Å². The van der Waals surface area contributed by atoms with Crippen molar-refractivity contribution in [2.75, 3.05) is 25.1 Å². The highest BCUT2D eigenvalue weighted by molar-refractivity contribution is 5.99. The van der Waals surface area contributed by atoms with Crippen molar-refractivity contribution in [2.24, 2.45) is 0 Å². The molecule has 0 radical (unpaired) electrons. The van der Waals surface area contributed by atoms with Gasteiger partial charge in [0.25, 0.3) is 5.88 Å². The zero-order chi connectivity index (χ0) is 16.0. The second-order valence-corrected chi connectivity index (χ2v) is 4.04. The quantitative estimate of drug-likeness (QED) is 0.468. The van der Waals surface area contributed by atoms with Gasteiger partial charge in [0.2, 0.25) is 0 Å². The summed E-state index contributed by atoms with van der Waals surface area (Å²) in [7, 11) is 0. The van der Waals surface area contributed by atoms with Gasteiger partial charge in [-0.05, 0) is 27.7 Å². The van der Waals surface area contributed by atoms with Crippen molar-refractivity contribution in [3.63, 3.8) is 0 Å². The van der Waals surface area contributed by atoms with E-state index in [0.29, 0.717) is 12.2 Å². The van der Waals surface area contributed by atoms with Crippen molar-refractivity contribution in [3.8, 4) is 5.88 Å². The molecule has 0 saturated heterocycles. The number of carbonyl (C=O) groups excluding carboxylic acids is 1. The predicted octanol–water partition coefficient (Wildman–Crippen LogP) is 2.31. The van der Waals surface area contributed by atoms with Crippen LogP contribution in [-0.4, -0.2) is 35.6 Å². The zero-order valence-corrected chi connectivity index (χ0v) is 12.6. The smallest absolute Gasteiger partial charge is 0.354 e. The van der Waals surface area contributed by atoms with Crippen molar-refractivity contribution < 1.29 is 19.2 Å². The van der Waals surface area contributed by atoms with Crippen molar-refractivity contribution >= 4 is 17.3 Å². The number of nitrogens with zero attached hydrogens (tertiary/aromatic N) is 2. The Kier molecular flexibility index (Phi) is 5.89. The number of nitrogens with one attached hydrogen (secondary N) is 1. The van der Waals surface area contributed by atoms with Crippen LogP contribution in [0.5, 0.6) is 5.88 Å². The number of anilines is 1. The largest absolute Gasteiger partial charge is 0.473 e. The number of hydrogen-bond donors (Lipinski definition) is 1. The summed E-state index contributed by atoms with van der Waals surface area (Å²) in [6.45, 7) is 7.53.